The summed E-state index contributed by atoms with van der Waals surface area (Å²) >= 11 is 3.38. The van der Waals surface area contributed by atoms with Crippen molar-refractivity contribution in [2.24, 2.45) is 0 Å². The number of amides is 1. The summed E-state index contributed by atoms with van der Waals surface area (Å²) in [5, 5.41) is 13.4. The number of benzene rings is 3. The lowest BCUT2D eigenvalue weighted by molar-refractivity contribution is -0.112. The van der Waals surface area contributed by atoms with Crippen LogP contribution in [0.5, 0.6) is 0 Å². The summed E-state index contributed by atoms with van der Waals surface area (Å²) in [4.78, 5) is 12.7. The molecule has 0 aliphatic rings. The van der Waals surface area contributed by atoms with Crippen molar-refractivity contribution >= 4 is 44.5 Å². The number of hydrogen-bond donors (Lipinski definition) is 1. The molecule has 4 aromatic rings. The third-order valence-corrected chi connectivity index (χ3v) is 5.26. The Morgan fingerprint density at radius 1 is 1.03 bits per heavy atom. The molecule has 0 unspecified atom stereocenters. The Balaban J connectivity index is 1.68. The van der Waals surface area contributed by atoms with Crippen molar-refractivity contribution in [2.45, 2.75) is 6.54 Å². The molecular formula is C25H18BrN3O. The van der Waals surface area contributed by atoms with E-state index in [0.29, 0.717) is 12.2 Å². The molecule has 0 atom stereocenters. The highest BCUT2D eigenvalue weighted by Crippen LogP contribution is 2.25. The van der Waals surface area contributed by atoms with Crippen LogP contribution >= 0.6 is 15.9 Å². The van der Waals surface area contributed by atoms with Crippen LogP contribution in [0.4, 0.5) is 5.69 Å². The number of anilines is 1. The predicted octanol–water partition coefficient (Wildman–Crippen LogP) is 6.00. The number of para-hydroxylation sites is 1. The monoisotopic (exact) mass is 455 g/mol. The molecule has 1 aromatic heterocycles. The summed E-state index contributed by atoms with van der Waals surface area (Å²) in [6.07, 6.45) is 3.64. The van der Waals surface area contributed by atoms with Crippen LogP contribution in [0.3, 0.4) is 0 Å². The number of halogens is 1. The van der Waals surface area contributed by atoms with Crippen LogP contribution in [0.15, 0.2) is 95.1 Å². The largest absolute Gasteiger partial charge is 0.342 e. The molecule has 1 amide bonds. The molecule has 1 heterocycles. The summed E-state index contributed by atoms with van der Waals surface area (Å²) in [6, 6.07) is 27.5. The number of rotatable bonds is 5. The van der Waals surface area contributed by atoms with Crippen molar-refractivity contribution < 1.29 is 4.79 Å². The summed E-state index contributed by atoms with van der Waals surface area (Å²) < 4.78 is 2.99. The lowest BCUT2D eigenvalue weighted by Crippen LogP contribution is -2.13. The Morgan fingerprint density at radius 3 is 2.57 bits per heavy atom. The van der Waals surface area contributed by atoms with Gasteiger partial charge in [-0.15, -0.1) is 0 Å². The Bertz CT molecular complexity index is 1280. The molecule has 0 radical (unpaired) electrons. The standard InChI is InChI=1S/C25H18BrN3O/c26-21-9-6-10-22(14-21)28-25(30)19(15-27)13-20-17-29(16-18-7-2-1-3-8-18)24-12-5-4-11-23(20)24/h1-14,17H,16H2,(H,28,30)/b19-13-. The molecule has 146 valence electrons. The molecule has 0 saturated heterocycles. The second-order valence-electron chi connectivity index (χ2n) is 6.85. The minimum absolute atomic E-state index is 0.0533. The number of aromatic nitrogens is 1. The van der Waals surface area contributed by atoms with Crippen LogP contribution in [-0.4, -0.2) is 10.5 Å². The lowest BCUT2D eigenvalue weighted by atomic mass is 10.1. The van der Waals surface area contributed by atoms with Crippen molar-refractivity contribution in [1.29, 1.82) is 5.26 Å². The van der Waals surface area contributed by atoms with E-state index in [1.165, 1.54) is 5.56 Å². The highest BCUT2D eigenvalue weighted by molar-refractivity contribution is 9.10. The van der Waals surface area contributed by atoms with Crippen LogP contribution in [0.2, 0.25) is 0 Å². The first kappa shape index (κ1) is 19.7. The molecule has 0 bridgehead atoms. The second kappa shape index (κ2) is 8.81. The van der Waals surface area contributed by atoms with Gasteiger partial charge in [-0.2, -0.15) is 5.26 Å². The summed E-state index contributed by atoms with van der Waals surface area (Å²) in [6.45, 7) is 0.710. The van der Waals surface area contributed by atoms with Gasteiger partial charge in [0.15, 0.2) is 0 Å². The van der Waals surface area contributed by atoms with Gasteiger partial charge in [-0.1, -0.05) is 70.5 Å². The fraction of sp³-hybridized carbons (Fsp3) is 0.0400. The van der Waals surface area contributed by atoms with Crippen molar-refractivity contribution in [3.63, 3.8) is 0 Å². The van der Waals surface area contributed by atoms with E-state index in [-0.39, 0.29) is 5.57 Å². The van der Waals surface area contributed by atoms with Gasteiger partial charge in [-0.25, -0.2) is 0 Å². The topological polar surface area (TPSA) is 57.8 Å². The molecule has 4 nitrogen and oxygen atoms in total. The summed E-state index contributed by atoms with van der Waals surface area (Å²) in [5.74, 6) is -0.435. The van der Waals surface area contributed by atoms with E-state index in [1.54, 1.807) is 18.2 Å². The van der Waals surface area contributed by atoms with Gasteiger partial charge >= 0.3 is 0 Å². The quantitative estimate of drug-likeness (QED) is 0.296. The molecule has 5 heteroatoms. The van der Waals surface area contributed by atoms with E-state index < -0.39 is 5.91 Å². The highest BCUT2D eigenvalue weighted by atomic mass is 79.9. The number of carbonyl (C=O) groups is 1. The van der Waals surface area contributed by atoms with Gasteiger partial charge < -0.3 is 9.88 Å². The molecule has 0 saturated carbocycles. The average Bonchev–Trinajstić information content (AvgIpc) is 3.10. The molecule has 30 heavy (non-hydrogen) atoms. The zero-order chi connectivity index (χ0) is 20.9. The second-order valence-corrected chi connectivity index (χ2v) is 7.77. The van der Waals surface area contributed by atoms with Crippen LogP contribution in [0.25, 0.3) is 17.0 Å². The fourth-order valence-electron chi connectivity index (χ4n) is 3.37. The average molecular weight is 456 g/mol. The number of fused-ring (bicyclic) bond motifs is 1. The molecule has 0 aliphatic carbocycles. The van der Waals surface area contributed by atoms with Crippen LogP contribution < -0.4 is 5.32 Å². The maximum absolute atomic E-state index is 12.7. The van der Waals surface area contributed by atoms with Crippen molar-refractivity contribution in [2.75, 3.05) is 5.32 Å². The third-order valence-electron chi connectivity index (χ3n) is 4.76. The summed E-state index contributed by atoms with van der Waals surface area (Å²) in [5.41, 5.74) is 3.75. The van der Waals surface area contributed by atoms with Crippen LogP contribution in [0.1, 0.15) is 11.1 Å². The van der Waals surface area contributed by atoms with Crippen molar-refractivity contribution in [3.8, 4) is 6.07 Å². The highest BCUT2D eigenvalue weighted by Gasteiger charge is 2.13. The number of nitriles is 1. The normalized spacial score (nSPS) is 11.3. The van der Waals surface area contributed by atoms with Gasteiger partial charge in [0.05, 0.1) is 0 Å². The first-order valence-electron chi connectivity index (χ1n) is 9.44. The zero-order valence-corrected chi connectivity index (χ0v) is 17.6. The Hall–Kier alpha value is -3.62. The van der Waals surface area contributed by atoms with Crippen LogP contribution in [-0.2, 0) is 11.3 Å². The minimum atomic E-state index is -0.435. The van der Waals surface area contributed by atoms with Gasteiger partial charge in [-0.05, 0) is 35.9 Å². The van der Waals surface area contributed by atoms with Crippen molar-refractivity contribution in [1.82, 2.24) is 4.57 Å². The SMILES string of the molecule is N#C/C(=C/c1cn(Cc2ccccc2)c2ccccc12)C(=O)Nc1cccc(Br)c1. The maximum atomic E-state index is 12.7. The molecule has 0 spiro atoms. The summed E-state index contributed by atoms with van der Waals surface area (Å²) in [7, 11) is 0. The zero-order valence-electron chi connectivity index (χ0n) is 16.0. The van der Waals surface area contributed by atoms with Crippen LogP contribution in [0, 0.1) is 11.3 Å². The smallest absolute Gasteiger partial charge is 0.266 e. The molecular weight excluding hydrogens is 438 g/mol. The van der Waals surface area contributed by atoms with E-state index in [2.05, 4.69) is 37.9 Å². The van der Waals surface area contributed by atoms with E-state index >= 15 is 0 Å². The number of carbonyl (C=O) groups excluding carboxylic acids is 1. The Morgan fingerprint density at radius 2 is 1.80 bits per heavy atom. The molecule has 1 N–H and O–H groups in total. The molecule has 0 aliphatic heterocycles. The molecule has 0 fully saturated rings. The van der Waals surface area contributed by atoms with Gasteiger partial charge in [0, 0.05) is 39.4 Å². The van der Waals surface area contributed by atoms with Gasteiger partial charge in [0.25, 0.3) is 5.91 Å². The first-order valence-corrected chi connectivity index (χ1v) is 10.2. The van der Waals surface area contributed by atoms with E-state index in [4.69, 9.17) is 0 Å². The molecule has 3 aromatic carbocycles. The molecule has 4 rings (SSSR count). The van der Waals surface area contributed by atoms with E-state index in [0.717, 1.165) is 20.9 Å². The Kier molecular flexibility index (Phi) is 5.78. The number of nitrogens with one attached hydrogen (secondary N) is 1. The Labute approximate surface area is 183 Å². The number of nitrogens with zero attached hydrogens (tertiary/aromatic N) is 2. The van der Waals surface area contributed by atoms with Gasteiger partial charge in [0.1, 0.15) is 11.6 Å². The fourth-order valence-corrected chi connectivity index (χ4v) is 3.77. The van der Waals surface area contributed by atoms with E-state index in [1.807, 2.05) is 66.9 Å². The minimum Gasteiger partial charge on any atom is -0.342 e. The number of hydrogen-bond acceptors (Lipinski definition) is 2. The van der Waals surface area contributed by atoms with Gasteiger partial charge in [-0.3, -0.25) is 4.79 Å². The third kappa shape index (κ3) is 4.35. The van der Waals surface area contributed by atoms with E-state index in [9.17, 15) is 10.1 Å². The van der Waals surface area contributed by atoms with Gasteiger partial charge in [0.2, 0.25) is 0 Å². The first-order chi connectivity index (χ1) is 14.6. The van der Waals surface area contributed by atoms with Crippen molar-refractivity contribution in [3.05, 3.63) is 106 Å². The predicted molar refractivity (Wildman–Crippen MR) is 124 cm³/mol. The lowest BCUT2D eigenvalue weighted by Gasteiger charge is -2.05. The maximum Gasteiger partial charge on any atom is 0.266 e.